The summed E-state index contributed by atoms with van der Waals surface area (Å²) in [6.07, 6.45) is 1.92. The SMILES string of the molecule is COc1ccc(C(CCc2ccccc2)c2ccc(OC)c(OC)c2)cc1OC. The molecule has 152 valence electrons. The molecule has 0 N–H and O–H groups in total. The summed E-state index contributed by atoms with van der Waals surface area (Å²) in [5, 5.41) is 0. The molecule has 3 rings (SSSR count). The van der Waals surface area contributed by atoms with Crippen molar-refractivity contribution in [2.24, 2.45) is 0 Å². The van der Waals surface area contributed by atoms with Crippen molar-refractivity contribution in [2.45, 2.75) is 18.8 Å². The van der Waals surface area contributed by atoms with E-state index in [2.05, 4.69) is 48.5 Å². The van der Waals surface area contributed by atoms with Gasteiger partial charge in [0.25, 0.3) is 0 Å². The van der Waals surface area contributed by atoms with Gasteiger partial charge in [0.05, 0.1) is 28.4 Å². The van der Waals surface area contributed by atoms with Crippen molar-refractivity contribution in [2.75, 3.05) is 28.4 Å². The van der Waals surface area contributed by atoms with Gasteiger partial charge in [-0.2, -0.15) is 0 Å². The van der Waals surface area contributed by atoms with Gasteiger partial charge in [-0.15, -0.1) is 0 Å². The second-order valence-corrected chi connectivity index (χ2v) is 6.81. The third-order valence-electron chi connectivity index (χ3n) is 5.18. The van der Waals surface area contributed by atoms with Crippen LogP contribution in [-0.4, -0.2) is 28.4 Å². The van der Waals surface area contributed by atoms with Crippen molar-refractivity contribution in [3.05, 3.63) is 83.4 Å². The molecule has 0 radical (unpaired) electrons. The summed E-state index contributed by atoms with van der Waals surface area (Å²) < 4.78 is 21.9. The topological polar surface area (TPSA) is 36.9 Å². The second kappa shape index (κ2) is 9.87. The molecule has 0 fully saturated rings. The Morgan fingerprint density at radius 1 is 0.586 bits per heavy atom. The molecular weight excluding hydrogens is 364 g/mol. The second-order valence-electron chi connectivity index (χ2n) is 6.81. The summed E-state index contributed by atoms with van der Waals surface area (Å²) in [6, 6.07) is 22.8. The van der Waals surface area contributed by atoms with Gasteiger partial charge in [-0.3, -0.25) is 0 Å². The first-order valence-electron chi connectivity index (χ1n) is 9.68. The van der Waals surface area contributed by atoms with E-state index >= 15 is 0 Å². The summed E-state index contributed by atoms with van der Waals surface area (Å²) in [5.74, 6) is 3.09. The van der Waals surface area contributed by atoms with Crippen LogP contribution in [0.25, 0.3) is 0 Å². The van der Waals surface area contributed by atoms with E-state index in [1.807, 2.05) is 18.2 Å². The molecule has 29 heavy (non-hydrogen) atoms. The smallest absolute Gasteiger partial charge is 0.161 e. The average molecular weight is 392 g/mol. The summed E-state index contributed by atoms with van der Waals surface area (Å²) in [5.41, 5.74) is 3.66. The molecule has 0 aliphatic heterocycles. The molecule has 0 unspecified atom stereocenters. The summed E-state index contributed by atoms with van der Waals surface area (Å²) >= 11 is 0. The average Bonchev–Trinajstić information content (AvgIpc) is 2.79. The van der Waals surface area contributed by atoms with E-state index in [0.29, 0.717) is 0 Å². The lowest BCUT2D eigenvalue weighted by Crippen LogP contribution is -2.05. The zero-order chi connectivity index (χ0) is 20.6. The molecule has 0 aromatic heterocycles. The van der Waals surface area contributed by atoms with Crippen molar-refractivity contribution in [1.29, 1.82) is 0 Å². The molecule has 3 aromatic carbocycles. The number of ether oxygens (including phenoxy) is 4. The molecule has 0 amide bonds. The monoisotopic (exact) mass is 392 g/mol. The van der Waals surface area contributed by atoms with E-state index in [0.717, 1.165) is 35.8 Å². The van der Waals surface area contributed by atoms with Gasteiger partial charge in [0.2, 0.25) is 0 Å². The van der Waals surface area contributed by atoms with Crippen LogP contribution in [0.5, 0.6) is 23.0 Å². The predicted octanol–water partition coefficient (Wildman–Crippen LogP) is 5.49. The lowest BCUT2D eigenvalue weighted by atomic mass is 9.86. The number of rotatable bonds is 9. The van der Waals surface area contributed by atoms with Crippen LogP contribution in [0.15, 0.2) is 66.7 Å². The minimum Gasteiger partial charge on any atom is -0.493 e. The molecule has 0 aliphatic rings. The Morgan fingerprint density at radius 3 is 1.52 bits per heavy atom. The molecule has 3 aromatic rings. The number of methoxy groups -OCH3 is 4. The highest BCUT2D eigenvalue weighted by molar-refractivity contribution is 5.49. The molecule has 0 bridgehead atoms. The van der Waals surface area contributed by atoms with E-state index in [1.165, 1.54) is 16.7 Å². The van der Waals surface area contributed by atoms with Crippen molar-refractivity contribution < 1.29 is 18.9 Å². The van der Waals surface area contributed by atoms with E-state index in [9.17, 15) is 0 Å². The molecule has 0 atom stereocenters. The lowest BCUT2D eigenvalue weighted by molar-refractivity contribution is 0.353. The quantitative estimate of drug-likeness (QED) is 0.483. The van der Waals surface area contributed by atoms with Gasteiger partial charge < -0.3 is 18.9 Å². The fourth-order valence-electron chi connectivity index (χ4n) is 3.62. The van der Waals surface area contributed by atoms with Gasteiger partial charge in [0.15, 0.2) is 23.0 Å². The van der Waals surface area contributed by atoms with Gasteiger partial charge in [-0.1, -0.05) is 42.5 Å². The summed E-state index contributed by atoms with van der Waals surface area (Å²) in [4.78, 5) is 0. The highest BCUT2D eigenvalue weighted by Crippen LogP contribution is 2.38. The highest BCUT2D eigenvalue weighted by atomic mass is 16.5. The van der Waals surface area contributed by atoms with E-state index in [-0.39, 0.29) is 5.92 Å². The van der Waals surface area contributed by atoms with Crippen LogP contribution >= 0.6 is 0 Å². The molecule has 0 saturated heterocycles. The Hall–Kier alpha value is -3.14. The van der Waals surface area contributed by atoms with E-state index < -0.39 is 0 Å². The van der Waals surface area contributed by atoms with Crippen LogP contribution < -0.4 is 18.9 Å². The summed E-state index contributed by atoms with van der Waals surface area (Å²) in [7, 11) is 6.63. The Morgan fingerprint density at radius 2 is 1.07 bits per heavy atom. The first-order chi connectivity index (χ1) is 14.2. The maximum Gasteiger partial charge on any atom is 0.161 e. The molecule has 0 saturated carbocycles. The zero-order valence-corrected chi connectivity index (χ0v) is 17.5. The third kappa shape index (κ3) is 4.83. The largest absolute Gasteiger partial charge is 0.493 e. The van der Waals surface area contributed by atoms with Crippen molar-refractivity contribution in [3.8, 4) is 23.0 Å². The molecule has 0 aliphatic carbocycles. The highest BCUT2D eigenvalue weighted by Gasteiger charge is 2.19. The fourth-order valence-corrected chi connectivity index (χ4v) is 3.62. The normalized spacial score (nSPS) is 10.7. The number of benzene rings is 3. The minimum absolute atomic E-state index is 0.176. The van der Waals surface area contributed by atoms with Crippen molar-refractivity contribution >= 4 is 0 Å². The Bertz CT molecular complexity index is 866. The Kier molecular flexibility index (Phi) is 7.01. The number of aryl methyl sites for hydroxylation is 1. The van der Waals surface area contributed by atoms with Crippen molar-refractivity contribution in [3.63, 3.8) is 0 Å². The lowest BCUT2D eigenvalue weighted by Gasteiger charge is -2.21. The van der Waals surface area contributed by atoms with Gasteiger partial charge in [-0.25, -0.2) is 0 Å². The maximum absolute atomic E-state index is 5.54. The number of hydrogen-bond donors (Lipinski definition) is 0. The van der Waals surface area contributed by atoms with Crippen molar-refractivity contribution in [1.82, 2.24) is 0 Å². The van der Waals surface area contributed by atoms with Crippen LogP contribution in [0, 0.1) is 0 Å². The molecule has 0 heterocycles. The predicted molar refractivity (Wildman–Crippen MR) is 116 cm³/mol. The molecular formula is C25H28O4. The first kappa shape index (κ1) is 20.6. The van der Waals surface area contributed by atoms with Crippen LogP contribution in [0.1, 0.15) is 29.0 Å². The van der Waals surface area contributed by atoms with Gasteiger partial charge >= 0.3 is 0 Å². The van der Waals surface area contributed by atoms with Gasteiger partial charge in [-0.05, 0) is 53.8 Å². The molecule has 0 spiro atoms. The zero-order valence-electron chi connectivity index (χ0n) is 17.5. The van der Waals surface area contributed by atoms with E-state index in [4.69, 9.17) is 18.9 Å². The first-order valence-corrected chi connectivity index (χ1v) is 9.68. The van der Waals surface area contributed by atoms with Gasteiger partial charge in [0.1, 0.15) is 0 Å². The summed E-state index contributed by atoms with van der Waals surface area (Å²) in [6.45, 7) is 0. The van der Waals surface area contributed by atoms with Crippen LogP contribution in [0.3, 0.4) is 0 Å². The molecule has 4 heteroatoms. The third-order valence-corrected chi connectivity index (χ3v) is 5.18. The van der Waals surface area contributed by atoms with Crippen LogP contribution in [0.4, 0.5) is 0 Å². The minimum atomic E-state index is 0.176. The van der Waals surface area contributed by atoms with E-state index in [1.54, 1.807) is 28.4 Å². The Balaban J connectivity index is 1.99. The van der Waals surface area contributed by atoms with Crippen LogP contribution in [-0.2, 0) is 6.42 Å². The maximum atomic E-state index is 5.54. The fraction of sp³-hybridized carbons (Fsp3) is 0.280. The molecule has 4 nitrogen and oxygen atoms in total. The Labute approximate surface area is 173 Å². The number of hydrogen-bond acceptors (Lipinski definition) is 4. The standard InChI is InChI=1S/C25H28O4/c1-26-22-14-11-19(16-24(22)28-3)21(13-10-18-8-6-5-7-9-18)20-12-15-23(27-2)25(17-20)29-4/h5-9,11-12,14-17,21H,10,13H2,1-4H3. The van der Waals surface area contributed by atoms with Crippen LogP contribution in [0.2, 0.25) is 0 Å². The van der Waals surface area contributed by atoms with Gasteiger partial charge in [0, 0.05) is 5.92 Å².